The first kappa shape index (κ1) is 28.1. The first-order valence-corrected chi connectivity index (χ1v) is 14.1. The van der Waals surface area contributed by atoms with E-state index in [1.54, 1.807) is 6.07 Å². The number of anilines is 3. The molecule has 0 bridgehead atoms. The van der Waals surface area contributed by atoms with Crippen molar-refractivity contribution < 1.29 is 19.1 Å². The predicted molar refractivity (Wildman–Crippen MR) is 161 cm³/mol. The summed E-state index contributed by atoms with van der Waals surface area (Å²) in [4.78, 5) is 43.9. The number of nitrogens with one attached hydrogen (secondary N) is 1. The van der Waals surface area contributed by atoms with E-state index < -0.39 is 17.9 Å². The summed E-state index contributed by atoms with van der Waals surface area (Å²) < 4.78 is 9.77. The molecule has 1 aromatic heterocycles. The zero-order chi connectivity index (χ0) is 29.1. The fourth-order valence-corrected chi connectivity index (χ4v) is 5.75. The van der Waals surface area contributed by atoms with Crippen molar-refractivity contribution in [3.63, 3.8) is 0 Å². The zero-order valence-electron chi connectivity index (χ0n) is 22.9. The molecule has 1 fully saturated rings. The molecule has 212 valence electrons. The molecule has 5 N–H and O–H groups in total. The van der Waals surface area contributed by atoms with Gasteiger partial charge >= 0.3 is 0 Å². The highest BCUT2D eigenvalue weighted by Gasteiger charge is 2.37. The van der Waals surface area contributed by atoms with Crippen molar-refractivity contribution in [2.24, 2.45) is 5.73 Å². The number of ether oxygens (including phenoxy) is 1. The molecule has 4 aromatic rings. The molecule has 1 aliphatic rings. The molecule has 5 rings (SSSR count). The van der Waals surface area contributed by atoms with Crippen molar-refractivity contribution >= 4 is 57.1 Å². The van der Waals surface area contributed by atoms with E-state index in [0.717, 1.165) is 40.8 Å². The quantitative estimate of drug-likeness (QED) is 0.277. The number of primary amides is 1. The van der Waals surface area contributed by atoms with Gasteiger partial charge in [0.25, 0.3) is 11.8 Å². The van der Waals surface area contributed by atoms with Gasteiger partial charge in [0.15, 0.2) is 5.69 Å². The lowest BCUT2D eigenvalue weighted by Crippen LogP contribution is -2.45. The lowest BCUT2D eigenvalue weighted by Gasteiger charge is -2.32. The van der Waals surface area contributed by atoms with Gasteiger partial charge in [-0.3, -0.25) is 19.3 Å². The minimum Gasteiger partial charge on any atom is -0.395 e. The summed E-state index contributed by atoms with van der Waals surface area (Å²) in [6.07, 6.45) is 1.69. The number of nitrogens with zero attached hydrogens (tertiary/aromatic N) is 3. The van der Waals surface area contributed by atoms with Crippen LogP contribution in [-0.2, 0) is 9.53 Å². The Bertz CT molecular complexity index is 1570. The fraction of sp³-hybridized carbons (Fsp3) is 0.267. The second-order valence-electron chi connectivity index (χ2n) is 10.1. The van der Waals surface area contributed by atoms with Crippen LogP contribution in [0.2, 0.25) is 0 Å². The molecular weight excluding hydrogens is 540 g/mol. The van der Waals surface area contributed by atoms with Gasteiger partial charge in [-0.05, 0) is 53.5 Å². The van der Waals surface area contributed by atoms with E-state index in [-0.39, 0.29) is 28.3 Å². The maximum Gasteiger partial charge on any atom is 0.273 e. The van der Waals surface area contributed by atoms with E-state index in [1.165, 1.54) is 4.90 Å². The SMILES string of the molecule is CN(C)c1ccc(C(C(=O)NCC2CCCO2)N(C(=O)c2snc(C(N)=O)c2N)c2cccc3ccccc23)cc1. The van der Waals surface area contributed by atoms with Gasteiger partial charge in [-0.25, -0.2) is 0 Å². The third kappa shape index (κ3) is 5.72. The number of nitrogen functional groups attached to an aromatic ring is 1. The summed E-state index contributed by atoms with van der Waals surface area (Å²) in [6, 6.07) is 19.6. The molecule has 2 atom stereocenters. The molecule has 2 heterocycles. The number of aromatic nitrogens is 1. The van der Waals surface area contributed by atoms with E-state index in [0.29, 0.717) is 24.4 Å². The first-order chi connectivity index (χ1) is 19.8. The maximum absolute atomic E-state index is 14.5. The Morgan fingerprint density at radius 2 is 1.80 bits per heavy atom. The normalized spacial score (nSPS) is 15.4. The molecule has 0 radical (unpaired) electrons. The van der Waals surface area contributed by atoms with E-state index in [1.807, 2.05) is 79.7 Å². The third-order valence-corrected chi connectivity index (χ3v) is 8.01. The van der Waals surface area contributed by atoms with Gasteiger partial charge in [0, 0.05) is 38.3 Å². The lowest BCUT2D eigenvalue weighted by atomic mass is 9.99. The van der Waals surface area contributed by atoms with Crippen LogP contribution < -0.4 is 26.6 Å². The Balaban J connectivity index is 1.68. The van der Waals surface area contributed by atoms with Gasteiger partial charge in [-0.1, -0.05) is 48.5 Å². The Hall–Kier alpha value is -4.48. The molecule has 2 unspecified atom stereocenters. The molecule has 10 nitrogen and oxygen atoms in total. The van der Waals surface area contributed by atoms with Crippen LogP contribution in [0.4, 0.5) is 17.1 Å². The number of carbonyl (C=O) groups is 3. The molecule has 41 heavy (non-hydrogen) atoms. The minimum absolute atomic E-state index is 0.0218. The second kappa shape index (κ2) is 11.9. The van der Waals surface area contributed by atoms with Crippen molar-refractivity contribution in [1.29, 1.82) is 0 Å². The average Bonchev–Trinajstić information content (AvgIpc) is 3.64. The molecule has 3 amide bonds. The number of hydrogen-bond donors (Lipinski definition) is 3. The highest BCUT2D eigenvalue weighted by Crippen LogP contribution is 2.37. The van der Waals surface area contributed by atoms with Crippen molar-refractivity contribution in [2.75, 3.05) is 42.8 Å². The standard InChI is InChI=1S/C30H32N6O4S/c1-35(2)20-14-12-19(13-15-20)26(29(38)33-17-21-9-6-16-40-21)36(23-11-5-8-18-7-3-4-10-22(18)23)30(39)27-24(31)25(28(32)37)34-41-27/h3-5,7-8,10-15,21,26H,6,9,16-17,31H2,1-2H3,(H2,32,37)(H,33,38). The zero-order valence-corrected chi connectivity index (χ0v) is 23.7. The average molecular weight is 573 g/mol. The van der Waals surface area contributed by atoms with Crippen LogP contribution in [0.15, 0.2) is 66.7 Å². The largest absolute Gasteiger partial charge is 0.395 e. The van der Waals surface area contributed by atoms with Gasteiger partial charge in [0.1, 0.15) is 10.9 Å². The van der Waals surface area contributed by atoms with Gasteiger partial charge in [-0.2, -0.15) is 4.37 Å². The smallest absolute Gasteiger partial charge is 0.273 e. The number of rotatable bonds is 9. The highest BCUT2D eigenvalue weighted by atomic mass is 32.1. The lowest BCUT2D eigenvalue weighted by molar-refractivity contribution is -0.123. The molecule has 11 heteroatoms. The third-order valence-electron chi connectivity index (χ3n) is 7.16. The van der Waals surface area contributed by atoms with E-state index in [2.05, 4.69) is 9.69 Å². The summed E-state index contributed by atoms with van der Waals surface area (Å²) in [6.45, 7) is 0.973. The van der Waals surface area contributed by atoms with Crippen molar-refractivity contribution in [3.05, 3.63) is 82.9 Å². The van der Waals surface area contributed by atoms with E-state index in [4.69, 9.17) is 16.2 Å². The van der Waals surface area contributed by atoms with E-state index in [9.17, 15) is 14.4 Å². The van der Waals surface area contributed by atoms with Crippen molar-refractivity contribution in [2.45, 2.75) is 25.0 Å². The number of benzene rings is 3. The van der Waals surface area contributed by atoms with Crippen molar-refractivity contribution in [1.82, 2.24) is 9.69 Å². The van der Waals surface area contributed by atoms with Crippen LogP contribution in [0.1, 0.15) is 44.6 Å². The summed E-state index contributed by atoms with van der Waals surface area (Å²) in [7, 11) is 3.85. The van der Waals surface area contributed by atoms with Crippen LogP contribution in [0.3, 0.4) is 0 Å². The minimum atomic E-state index is -1.08. The van der Waals surface area contributed by atoms with Crippen LogP contribution in [0, 0.1) is 0 Å². The number of carbonyl (C=O) groups excluding carboxylic acids is 3. The highest BCUT2D eigenvalue weighted by molar-refractivity contribution is 7.09. The molecule has 0 saturated carbocycles. The molecule has 0 aliphatic carbocycles. The fourth-order valence-electron chi connectivity index (χ4n) is 5.01. The summed E-state index contributed by atoms with van der Waals surface area (Å²) >= 11 is 0.780. The van der Waals surface area contributed by atoms with Gasteiger partial charge in [0.2, 0.25) is 5.91 Å². The molecular formula is C30H32N6O4S. The number of amides is 3. The number of hydrogen-bond acceptors (Lipinski definition) is 8. The van der Waals surface area contributed by atoms with Gasteiger partial charge < -0.3 is 26.4 Å². The Morgan fingerprint density at radius 1 is 1.07 bits per heavy atom. The van der Waals surface area contributed by atoms with Crippen LogP contribution in [0.5, 0.6) is 0 Å². The van der Waals surface area contributed by atoms with Crippen LogP contribution in [0.25, 0.3) is 10.8 Å². The van der Waals surface area contributed by atoms with Crippen LogP contribution in [-0.4, -0.2) is 55.4 Å². The summed E-state index contributed by atoms with van der Waals surface area (Å²) in [5.74, 6) is -1.78. The Labute approximate surface area is 242 Å². The molecule has 0 spiro atoms. The van der Waals surface area contributed by atoms with E-state index >= 15 is 0 Å². The Kier molecular flexibility index (Phi) is 8.18. The van der Waals surface area contributed by atoms with Crippen LogP contribution >= 0.6 is 11.5 Å². The van der Waals surface area contributed by atoms with Crippen molar-refractivity contribution in [3.8, 4) is 0 Å². The summed E-state index contributed by atoms with van der Waals surface area (Å²) in [5.41, 5.74) is 13.4. The molecule has 1 aliphatic heterocycles. The first-order valence-electron chi connectivity index (χ1n) is 13.3. The molecule has 1 saturated heterocycles. The predicted octanol–water partition coefficient (Wildman–Crippen LogP) is 3.73. The topological polar surface area (TPSA) is 144 Å². The second-order valence-corrected chi connectivity index (χ2v) is 10.9. The molecule has 3 aromatic carbocycles. The summed E-state index contributed by atoms with van der Waals surface area (Å²) in [5, 5.41) is 4.67. The van der Waals surface area contributed by atoms with Gasteiger partial charge in [-0.15, -0.1) is 0 Å². The number of nitrogens with two attached hydrogens (primary N) is 2. The van der Waals surface area contributed by atoms with Gasteiger partial charge in [0.05, 0.1) is 17.5 Å². The number of fused-ring (bicyclic) bond motifs is 1. The Morgan fingerprint density at radius 3 is 2.46 bits per heavy atom. The monoisotopic (exact) mass is 572 g/mol. The maximum atomic E-state index is 14.5.